The lowest BCUT2D eigenvalue weighted by Gasteiger charge is -1.96. The summed E-state index contributed by atoms with van der Waals surface area (Å²) in [6.45, 7) is 0. The molecule has 1 aromatic heterocycles. The summed E-state index contributed by atoms with van der Waals surface area (Å²) in [6, 6.07) is 15.0. The first-order valence-electron chi connectivity index (χ1n) is 5.68. The molecule has 5 heteroatoms. The number of rotatable bonds is 2. The number of anilines is 1. The highest BCUT2D eigenvalue weighted by Gasteiger charge is 2.10. The van der Waals surface area contributed by atoms with E-state index < -0.39 is 0 Å². The van der Waals surface area contributed by atoms with Crippen LogP contribution in [0.5, 0.6) is 0 Å². The van der Waals surface area contributed by atoms with Crippen LogP contribution in [0.2, 0.25) is 0 Å². The zero-order chi connectivity index (χ0) is 13.2. The van der Waals surface area contributed by atoms with Crippen molar-refractivity contribution < 1.29 is 4.42 Å². The number of aromatic nitrogens is 2. The molecule has 0 atom stereocenters. The van der Waals surface area contributed by atoms with Gasteiger partial charge in [0.05, 0.1) is 0 Å². The van der Waals surface area contributed by atoms with E-state index in [1.54, 1.807) is 12.1 Å². The van der Waals surface area contributed by atoms with E-state index in [9.17, 15) is 0 Å². The Morgan fingerprint density at radius 1 is 0.895 bits per heavy atom. The molecule has 1 heterocycles. The number of nitrogens with two attached hydrogens (primary N) is 1. The minimum absolute atomic E-state index is 0.481. The lowest BCUT2D eigenvalue weighted by atomic mass is 10.2. The molecule has 2 N–H and O–H groups in total. The normalized spacial score (nSPS) is 10.6. The highest BCUT2D eigenvalue weighted by atomic mass is 79.9. The first-order chi connectivity index (χ1) is 9.22. The lowest BCUT2D eigenvalue weighted by Crippen LogP contribution is -1.83. The van der Waals surface area contributed by atoms with Crippen LogP contribution < -0.4 is 5.73 Å². The highest BCUT2D eigenvalue weighted by molar-refractivity contribution is 9.10. The number of nitrogens with zero attached hydrogens (tertiary/aromatic N) is 2. The average Bonchev–Trinajstić information content (AvgIpc) is 2.89. The van der Waals surface area contributed by atoms with Gasteiger partial charge in [-0.2, -0.15) is 0 Å². The largest absolute Gasteiger partial charge is 0.416 e. The van der Waals surface area contributed by atoms with Gasteiger partial charge in [0.2, 0.25) is 11.8 Å². The topological polar surface area (TPSA) is 64.9 Å². The Bertz CT molecular complexity index is 707. The van der Waals surface area contributed by atoms with Crippen molar-refractivity contribution >= 4 is 21.6 Å². The van der Waals surface area contributed by atoms with Gasteiger partial charge < -0.3 is 10.2 Å². The second kappa shape index (κ2) is 4.85. The van der Waals surface area contributed by atoms with E-state index in [1.165, 1.54) is 0 Å². The molecular weight excluding hydrogens is 306 g/mol. The summed E-state index contributed by atoms with van der Waals surface area (Å²) in [7, 11) is 0. The van der Waals surface area contributed by atoms with Crippen molar-refractivity contribution in [2.24, 2.45) is 0 Å². The Kier molecular flexibility index (Phi) is 3.05. The molecule has 0 bridgehead atoms. The molecule has 0 saturated carbocycles. The predicted octanol–water partition coefficient (Wildman–Crippen LogP) is 3.75. The number of nitrogen functional groups attached to an aromatic ring is 1. The van der Waals surface area contributed by atoms with E-state index >= 15 is 0 Å². The van der Waals surface area contributed by atoms with Crippen molar-refractivity contribution in [2.45, 2.75) is 0 Å². The van der Waals surface area contributed by atoms with E-state index in [0.29, 0.717) is 17.5 Å². The molecule has 2 aromatic carbocycles. The maximum atomic E-state index is 5.67. The van der Waals surface area contributed by atoms with Gasteiger partial charge in [0, 0.05) is 21.3 Å². The van der Waals surface area contributed by atoms with Gasteiger partial charge in [-0.15, -0.1) is 10.2 Å². The molecular formula is C14H10BrN3O. The number of hydrogen-bond acceptors (Lipinski definition) is 4. The highest BCUT2D eigenvalue weighted by Crippen LogP contribution is 2.26. The van der Waals surface area contributed by atoms with Gasteiger partial charge in [0.25, 0.3) is 0 Å². The van der Waals surface area contributed by atoms with Crippen LogP contribution in [0, 0.1) is 0 Å². The van der Waals surface area contributed by atoms with E-state index in [1.807, 2.05) is 36.4 Å². The molecule has 0 saturated heterocycles. The molecule has 0 aliphatic heterocycles. The van der Waals surface area contributed by atoms with Crippen molar-refractivity contribution in [3.8, 4) is 22.9 Å². The fourth-order valence-corrected chi connectivity index (χ4v) is 2.10. The van der Waals surface area contributed by atoms with Gasteiger partial charge in [-0.3, -0.25) is 0 Å². The fraction of sp³-hybridized carbons (Fsp3) is 0. The molecule has 0 aliphatic rings. The van der Waals surface area contributed by atoms with Gasteiger partial charge in [-0.25, -0.2) is 0 Å². The van der Waals surface area contributed by atoms with Gasteiger partial charge >= 0.3 is 0 Å². The maximum absolute atomic E-state index is 5.67. The zero-order valence-corrected chi connectivity index (χ0v) is 11.5. The minimum Gasteiger partial charge on any atom is -0.416 e. The first kappa shape index (κ1) is 11.9. The quantitative estimate of drug-likeness (QED) is 0.731. The molecule has 19 heavy (non-hydrogen) atoms. The van der Waals surface area contributed by atoms with Crippen LogP contribution >= 0.6 is 15.9 Å². The van der Waals surface area contributed by atoms with E-state index in [4.69, 9.17) is 10.2 Å². The lowest BCUT2D eigenvalue weighted by molar-refractivity contribution is 0.584. The van der Waals surface area contributed by atoms with Crippen molar-refractivity contribution in [1.82, 2.24) is 10.2 Å². The molecule has 3 aromatic rings. The Morgan fingerprint density at radius 3 is 2.26 bits per heavy atom. The van der Waals surface area contributed by atoms with Crippen LogP contribution in [-0.2, 0) is 0 Å². The molecule has 0 amide bonds. The first-order valence-corrected chi connectivity index (χ1v) is 6.47. The van der Waals surface area contributed by atoms with Crippen LogP contribution in [0.4, 0.5) is 5.69 Å². The third-order valence-corrected chi connectivity index (χ3v) is 3.15. The SMILES string of the molecule is Nc1ccc(-c2nnc(-c3cccc(Br)c3)o2)cc1. The maximum Gasteiger partial charge on any atom is 0.248 e. The summed E-state index contributed by atoms with van der Waals surface area (Å²) in [4.78, 5) is 0. The van der Waals surface area contributed by atoms with Crippen molar-refractivity contribution in [3.05, 3.63) is 53.0 Å². The summed E-state index contributed by atoms with van der Waals surface area (Å²) >= 11 is 3.42. The van der Waals surface area contributed by atoms with Crippen LogP contribution in [-0.4, -0.2) is 10.2 Å². The second-order valence-corrected chi connectivity index (χ2v) is 4.96. The van der Waals surface area contributed by atoms with Crippen molar-refractivity contribution in [3.63, 3.8) is 0 Å². The van der Waals surface area contributed by atoms with Crippen molar-refractivity contribution in [1.29, 1.82) is 0 Å². The van der Waals surface area contributed by atoms with E-state index in [-0.39, 0.29) is 0 Å². The summed E-state index contributed by atoms with van der Waals surface area (Å²) in [5.41, 5.74) is 8.08. The number of hydrogen-bond donors (Lipinski definition) is 1. The summed E-state index contributed by atoms with van der Waals surface area (Å²) in [6.07, 6.45) is 0. The van der Waals surface area contributed by atoms with E-state index in [0.717, 1.165) is 15.6 Å². The van der Waals surface area contributed by atoms with E-state index in [2.05, 4.69) is 26.1 Å². The van der Waals surface area contributed by atoms with Gasteiger partial charge in [0.15, 0.2) is 0 Å². The standard InChI is InChI=1S/C14H10BrN3O/c15-11-3-1-2-10(8-11)14-18-17-13(19-14)9-4-6-12(16)7-5-9/h1-8H,16H2. The zero-order valence-electron chi connectivity index (χ0n) is 9.88. The molecule has 0 unspecified atom stereocenters. The third-order valence-electron chi connectivity index (χ3n) is 2.65. The Hall–Kier alpha value is -2.14. The minimum atomic E-state index is 0.481. The van der Waals surface area contributed by atoms with Gasteiger partial charge in [-0.05, 0) is 42.5 Å². The summed E-state index contributed by atoms with van der Waals surface area (Å²) in [5.74, 6) is 0.975. The summed E-state index contributed by atoms with van der Waals surface area (Å²) in [5, 5.41) is 8.11. The molecule has 4 nitrogen and oxygen atoms in total. The number of benzene rings is 2. The summed E-state index contributed by atoms with van der Waals surface area (Å²) < 4.78 is 6.64. The molecule has 0 aliphatic carbocycles. The smallest absolute Gasteiger partial charge is 0.248 e. The third kappa shape index (κ3) is 2.51. The van der Waals surface area contributed by atoms with Gasteiger partial charge in [0.1, 0.15) is 0 Å². The number of halogens is 1. The van der Waals surface area contributed by atoms with Crippen LogP contribution in [0.3, 0.4) is 0 Å². The average molecular weight is 316 g/mol. The Morgan fingerprint density at radius 2 is 1.58 bits per heavy atom. The van der Waals surface area contributed by atoms with Crippen LogP contribution in [0.25, 0.3) is 22.9 Å². The Balaban J connectivity index is 1.97. The molecule has 0 spiro atoms. The monoisotopic (exact) mass is 315 g/mol. The predicted molar refractivity (Wildman–Crippen MR) is 77.3 cm³/mol. The Labute approximate surface area is 118 Å². The molecule has 0 radical (unpaired) electrons. The second-order valence-electron chi connectivity index (χ2n) is 4.04. The van der Waals surface area contributed by atoms with Gasteiger partial charge in [-0.1, -0.05) is 22.0 Å². The molecule has 0 fully saturated rings. The fourth-order valence-electron chi connectivity index (χ4n) is 1.70. The van der Waals surface area contributed by atoms with Crippen LogP contribution in [0.15, 0.2) is 57.4 Å². The van der Waals surface area contributed by atoms with Crippen molar-refractivity contribution in [2.75, 3.05) is 5.73 Å². The molecule has 94 valence electrons. The molecule has 3 rings (SSSR count). The van der Waals surface area contributed by atoms with Crippen LogP contribution in [0.1, 0.15) is 0 Å².